The van der Waals surface area contributed by atoms with Gasteiger partial charge in [0.2, 0.25) is 0 Å². The molecule has 0 saturated carbocycles. The normalized spacial score (nSPS) is 10.8. The van der Waals surface area contributed by atoms with Gasteiger partial charge in [0, 0.05) is 12.6 Å². The summed E-state index contributed by atoms with van der Waals surface area (Å²) in [5, 5.41) is 19.9. The van der Waals surface area contributed by atoms with Crippen LogP contribution in [-0.2, 0) is 6.54 Å². The molecule has 0 aliphatic heterocycles. The zero-order valence-electron chi connectivity index (χ0n) is 8.91. The van der Waals surface area contributed by atoms with Crippen LogP contribution in [0.5, 0.6) is 11.5 Å². The van der Waals surface area contributed by atoms with Gasteiger partial charge in [-0.1, -0.05) is 11.6 Å². The average Bonchev–Trinajstić information content (AvgIpc) is 2.14. The van der Waals surface area contributed by atoms with E-state index in [2.05, 4.69) is 0 Å². The first kappa shape index (κ1) is 12.1. The molecule has 1 rings (SSSR count). The Kier molecular flexibility index (Phi) is 3.79. The maximum absolute atomic E-state index is 9.59. The highest BCUT2D eigenvalue weighted by Crippen LogP contribution is 2.39. The minimum atomic E-state index is 0.0119. The fourth-order valence-electron chi connectivity index (χ4n) is 1.40. The molecule has 15 heavy (non-hydrogen) atoms. The molecule has 84 valence electrons. The van der Waals surface area contributed by atoms with Crippen LogP contribution in [0.2, 0.25) is 5.02 Å². The molecule has 0 aromatic heterocycles. The molecular formula is C10H14ClNO3. The van der Waals surface area contributed by atoms with Gasteiger partial charge < -0.3 is 15.1 Å². The number of hydroxylamine groups is 2. The third kappa shape index (κ3) is 2.53. The summed E-state index contributed by atoms with van der Waals surface area (Å²) in [6, 6.07) is 1.73. The molecule has 4 nitrogen and oxygen atoms in total. The summed E-state index contributed by atoms with van der Waals surface area (Å²) in [6.45, 7) is 2.02. The minimum Gasteiger partial charge on any atom is -0.506 e. The second-order valence-electron chi connectivity index (χ2n) is 3.36. The first-order valence-electron chi connectivity index (χ1n) is 4.42. The number of nitrogens with zero attached hydrogens (tertiary/aromatic N) is 1. The van der Waals surface area contributed by atoms with E-state index in [0.29, 0.717) is 11.3 Å². The summed E-state index contributed by atoms with van der Waals surface area (Å²) >= 11 is 5.91. The Labute approximate surface area is 93.6 Å². The molecule has 0 saturated heterocycles. The first-order chi connectivity index (χ1) is 6.97. The summed E-state index contributed by atoms with van der Waals surface area (Å²) in [5.74, 6) is 0.401. The Morgan fingerprint density at radius 1 is 1.53 bits per heavy atom. The smallest absolute Gasteiger partial charge is 0.145 e. The van der Waals surface area contributed by atoms with E-state index in [1.165, 1.54) is 14.2 Å². The highest BCUT2D eigenvalue weighted by molar-refractivity contribution is 6.33. The van der Waals surface area contributed by atoms with Gasteiger partial charge in [-0.3, -0.25) is 0 Å². The zero-order chi connectivity index (χ0) is 11.6. The third-order valence-electron chi connectivity index (χ3n) is 2.07. The van der Waals surface area contributed by atoms with Crippen molar-refractivity contribution >= 4 is 11.6 Å². The van der Waals surface area contributed by atoms with Crippen LogP contribution in [-0.4, -0.2) is 29.5 Å². The molecule has 5 heteroatoms. The standard InChI is InChI=1S/C10H14ClNO3/c1-6-4-7(5-12(2)14)10(15-3)8(11)9(6)13/h4,13-14H,5H2,1-3H3. The van der Waals surface area contributed by atoms with Crippen molar-refractivity contribution in [3.63, 3.8) is 0 Å². The van der Waals surface area contributed by atoms with E-state index in [-0.39, 0.29) is 17.3 Å². The van der Waals surface area contributed by atoms with Crippen LogP contribution in [0.3, 0.4) is 0 Å². The molecule has 0 bridgehead atoms. The molecule has 0 amide bonds. The Hall–Kier alpha value is -0.970. The Morgan fingerprint density at radius 2 is 2.13 bits per heavy atom. The van der Waals surface area contributed by atoms with Crippen molar-refractivity contribution in [1.82, 2.24) is 5.06 Å². The molecule has 1 aromatic rings. The van der Waals surface area contributed by atoms with Crippen LogP contribution in [0.25, 0.3) is 0 Å². The second kappa shape index (κ2) is 4.70. The van der Waals surface area contributed by atoms with E-state index < -0.39 is 0 Å². The first-order valence-corrected chi connectivity index (χ1v) is 4.80. The number of phenolic OH excluding ortho intramolecular Hbond substituents is 1. The van der Waals surface area contributed by atoms with E-state index in [4.69, 9.17) is 21.5 Å². The van der Waals surface area contributed by atoms with Gasteiger partial charge in [0.15, 0.2) is 0 Å². The van der Waals surface area contributed by atoms with Gasteiger partial charge in [-0.15, -0.1) is 0 Å². The molecule has 0 heterocycles. The number of rotatable bonds is 3. The van der Waals surface area contributed by atoms with Crippen LogP contribution in [0.4, 0.5) is 0 Å². The number of halogens is 1. The molecule has 0 aliphatic rings. The molecule has 0 spiro atoms. The van der Waals surface area contributed by atoms with Gasteiger partial charge in [0.05, 0.1) is 13.7 Å². The van der Waals surface area contributed by atoms with Crippen molar-refractivity contribution in [3.8, 4) is 11.5 Å². The van der Waals surface area contributed by atoms with Gasteiger partial charge in [0.1, 0.15) is 16.5 Å². The average molecular weight is 232 g/mol. The Bertz CT molecular complexity index is 366. The Balaban J connectivity index is 3.25. The highest BCUT2D eigenvalue weighted by atomic mass is 35.5. The Morgan fingerprint density at radius 3 is 2.60 bits per heavy atom. The molecule has 0 unspecified atom stereocenters. The third-order valence-corrected chi connectivity index (χ3v) is 2.42. The number of methoxy groups -OCH3 is 1. The van der Waals surface area contributed by atoms with Gasteiger partial charge in [-0.25, -0.2) is 0 Å². The lowest BCUT2D eigenvalue weighted by Gasteiger charge is -2.15. The summed E-state index contributed by atoms with van der Waals surface area (Å²) < 4.78 is 5.08. The summed E-state index contributed by atoms with van der Waals surface area (Å²) in [6.07, 6.45) is 0. The number of hydrogen-bond acceptors (Lipinski definition) is 4. The van der Waals surface area contributed by atoms with Gasteiger partial charge >= 0.3 is 0 Å². The summed E-state index contributed by atoms with van der Waals surface area (Å²) in [5.41, 5.74) is 1.38. The van der Waals surface area contributed by atoms with Crippen molar-refractivity contribution in [2.45, 2.75) is 13.5 Å². The lowest BCUT2D eigenvalue weighted by molar-refractivity contribution is -0.0735. The van der Waals surface area contributed by atoms with E-state index in [9.17, 15) is 5.11 Å². The van der Waals surface area contributed by atoms with Crippen molar-refractivity contribution in [1.29, 1.82) is 0 Å². The molecule has 1 aromatic carbocycles. The molecule has 0 atom stereocenters. The van der Waals surface area contributed by atoms with Gasteiger partial charge in [-0.2, -0.15) is 5.06 Å². The summed E-state index contributed by atoms with van der Waals surface area (Å²) in [4.78, 5) is 0. The van der Waals surface area contributed by atoms with E-state index >= 15 is 0 Å². The SMILES string of the molecule is COc1c(CN(C)O)cc(C)c(O)c1Cl. The molecule has 0 radical (unpaired) electrons. The van der Waals surface area contributed by atoms with Crippen LogP contribution < -0.4 is 4.74 Å². The van der Waals surface area contributed by atoms with Crippen LogP contribution in [0.15, 0.2) is 6.07 Å². The molecule has 2 N–H and O–H groups in total. The van der Waals surface area contributed by atoms with Crippen LogP contribution in [0, 0.1) is 6.92 Å². The van der Waals surface area contributed by atoms with Crippen molar-refractivity contribution in [2.24, 2.45) is 0 Å². The maximum atomic E-state index is 9.59. The lowest BCUT2D eigenvalue weighted by atomic mass is 10.1. The molecule has 0 aliphatic carbocycles. The maximum Gasteiger partial charge on any atom is 0.145 e. The van der Waals surface area contributed by atoms with Crippen LogP contribution >= 0.6 is 11.6 Å². The number of benzene rings is 1. The van der Waals surface area contributed by atoms with E-state index in [1.807, 2.05) is 0 Å². The van der Waals surface area contributed by atoms with Crippen molar-refractivity contribution in [3.05, 3.63) is 22.2 Å². The summed E-state index contributed by atoms with van der Waals surface area (Å²) in [7, 11) is 2.99. The molecular weight excluding hydrogens is 218 g/mol. The van der Waals surface area contributed by atoms with Gasteiger partial charge in [0.25, 0.3) is 0 Å². The predicted molar refractivity (Wildman–Crippen MR) is 57.7 cm³/mol. The van der Waals surface area contributed by atoms with Gasteiger partial charge in [-0.05, 0) is 18.6 Å². The highest BCUT2D eigenvalue weighted by Gasteiger charge is 2.15. The van der Waals surface area contributed by atoms with Crippen LogP contribution in [0.1, 0.15) is 11.1 Å². The lowest BCUT2D eigenvalue weighted by Crippen LogP contribution is -2.12. The van der Waals surface area contributed by atoms with E-state index in [1.54, 1.807) is 13.0 Å². The predicted octanol–water partition coefficient (Wildman–Crippen LogP) is 2.18. The topological polar surface area (TPSA) is 52.9 Å². The fourth-order valence-corrected chi connectivity index (χ4v) is 1.75. The second-order valence-corrected chi connectivity index (χ2v) is 3.74. The number of hydrogen-bond donors (Lipinski definition) is 2. The van der Waals surface area contributed by atoms with E-state index in [0.717, 1.165) is 10.6 Å². The largest absolute Gasteiger partial charge is 0.506 e. The fraction of sp³-hybridized carbons (Fsp3) is 0.400. The quantitative estimate of drug-likeness (QED) is 0.783. The monoisotopic (exact) mass is 231 g/mol. The number of phenols is 1. The zero-order valence-corrected chi connectivity index (χ0v) is 9.67. The molecule has 0 fully saturated rings. The number of ether oxygens (including phenoxy) is 1. The van der Waals surface area contributed by atoms with Crippen molar-refractivity contribution in [2.75, 3.05) is 14.2 Å². The van der Waals surface area contributed by atoms with Crippen molar-refractivity contribution < 1.29 is 15.1 Å². The number of aromatic hydroxyl groups is 1. The minimum absolute atomic E-state index is 0.0119. The number of aryl methyl sites for hydroxylation is 1.